The smallest absolute Gasteiger partial charge is 0.290 e. The highest BCUT2D eigenvalue weighted by atomic mass is 32.1. The lowest BCUT2D eigenvalue weighted by atomic mass is 9.81. The van der Waals surface area contributed by atoms with E-state index in [1.807, 2.05) is 11.3 Å². The Labute approximate surface area is 75.9 Å². The van der Waals surface area contributed by atoms with Crippen molar-refractivity contribution in [3.63, 3.8) is 0 Å². The fourth-order valence-corrected chi connectivity index (χ4v) is 1.99. The zero-order valence-electron chi connectivity index (χ0n) is 6.77. The van der Waals surface area contributed by atoms with Crippen molar-refractivity contribution in [3.8, 4) is 0 Å². The molecule has 1 fully saturated rings. The molecule has 0 saturated heterocycles. The third kappa shape index (κ3) is 2.34. The van der Waals surface area contributed by atoms with Crippen molar-refractivity contribution >= 4 is 17.8 Å². The third-order valence-corrected chi connectivity index (χ3v) is 2.82. The monoisotopic (exact) mass is 184 g/mol. The molecule has 1 heterocycles. The fraction of sp³-hybridized carbons (Fsp3) is 0.444. The van der Waals surface area contributed by atoms with Gasteiger partial charge >= 0.3 is 0 Å². The van der Waals surface area contributed by atoms with Crippen molar-refractivity contribution in [2.24, 2.45) is 0 Å². The molecule has 12 heavy (non-hydrogen) atoms. The lowest BCUT2D eigenvalue weighted by Crippen LogP contribution is -2.06. The van der Waals surface area contributed by atoms with Crippen molar-refractivity contribution in [2.45, 2.75) is 25.2 Å². The first-order chi connectivity index (χ1) is 5.88. The highest BCUT2D eigenvalue weighted by Gasteiger charge is 2.18. The maximum atomic E-state index is 8.36. The first-order valence-corrected chi connectivity index (χ1v) is 4.92. The van der Waals surface area contributed by atoms with Crippen molar-refractivity contribution in [1.82, 2.24) is 0 Å². The summed E-state index contributed by atoms with van der Waals surface area (Å²) in [7, 11) is 0. The van der Waals surface area contributed by atoms with Crippen LogP contribution in [0, 0.1) is 0 Å². The normalized spacial score (nSPS) is 15.7. The molecule has 2 nitrogen and oxygen atoms in total. The van der Waals surface area contributed by atoms with E-state index in [-0.39, 0.29) is 6.47 Å². The fourth-order valence-electron chi connectivity index (χ4n) is 1.25. The van der Waals surface area contributed by atoms with Crippen LogP contribution in [0.25, 0.3) is 0 Å². The van der Waals surface area contributed by atoms with Gasteiger partial charge in [0.15, 0.2) is 0 Å². The van der Waals surface area contributed by atoms with Gasteiger partial charge in [-0.25, -0.2) is 0 Å². The van der Waals surface area contributed by atoms with Crippen LogP contribution >= 0.6 is 11.3 Å². The second-order valence-corrected chi connectivity index (χ2v) is 3.57. The van der Waals surface area contributed by atoms with Gasteiger partial charge in [0.1, 0.15) is 0 Å². The Morgan fingerprint density at radius 2 is 2.25 bits per heavy atom. The van der Waals surface area contributed by atoms with Gasteiger partial charge in [0.25, 0.3) is 6.47 Å². The van der Waals surface area contributed by atoms with Crippen LogP contribution in [-0.2, 0) is 4.79 Å². The number of carboxylic acid groups (broad SMARTS) is 1. The van der Waals surface area contributed by atoms with E-state index in [0.29, 0.717) is 0 Å². The van der Waals surface area contributed by atoms with E-state index in [4.69, 9.17) is 9.90 Å². The molecular weight excluding hydrogens is 172 g/mol. The predicted octanol–water partition coefficient (Wildman–Crippen LogP) is 2.72. The van der Waals surface area contributed by atoms with Crippen LogP contribution in [0.5, 0.6) is 0 Å². The first-order valence-electron chi connectivity index (χ1n) is 3.98. The summed E-state index contributed by atoms with van der Waals surface area (Å²) in [6.45, 7) is -0.250. The van der Waals surface area contributed by atoms with E-state index in [1.165, 1.54) is 19.3 Å². The quantitative estimate of drug-likeness (QED) is 0.681. The number of carbonyl (C=O) groups is 1. The van der Waals surface area contributed by atoms with Gasteiger partial charge in [-0.3, -0.25) is 4.79 Å². The number of hydrogen-bond donors (Lipinski definition) is 1. The Balaban J connectivity index is 0.000000213. The molecule has 1 N–H and O–H groups in total. The first kappa shape index (κ1) is 9.26. The molecule has 0 aliphatic heterocycles. The van der Waals surface area contributed by atoms with Crippen molar-refractivity contribution < 1.29 is 9.90 Å². The Kier molecular flexibility index (Phi) is 3.80. The van der Waals surface area contributed by atoms with Crippen LogP contribution in [-0.4, -0.2) is 11.6 Å². The minimum Gasteiger partial charge on any atom is -0.483 e. The van der Waals surface area contributed by atoms with Crippen LogP contribution in [0.15, 0.2) is 16.8 Å². The van der Waals surface area contributed by atoms with E-state index in [0.717, 1.165) is 5.92 Å². The largest absolute Gasteiger partial charge is 0.483 e. The van der Waals surface area contributed by atoms with Gasteiger partial charge in [0.2, 0.25) is 0 Å². The zero-order valence-corrected chi connectivity index (χ0v) is 7.59. The zero-order chi connectivity index (χ0) is 8.81. The van der Waals surface area contributed by atoms with E-state index >= 15 is 0 Å². The van der Waals surface area contributed by atoms with Gasteiger partial charge in [-0.05, 0) is 41.1 Å². The number of rotatable bonds is 1. The second-order valence-electron chi connectivity index (χ2n) is 2.79. The molecule has 0 atom stereocenters. The topological polar surface area (TPSA) is 37.3 Å². The lowest BCUT2D eigenvalue weighted by Gasteiger charge is -2.24. The molecule has 0 aromatic carbocycles. The van der Waals surface area contributed by atoms with Gasteiger partial charge in [0.05, 0.1) is 0 Å². The molecule has 66 valence electrons. The highest BCUT2D eigenvalue weighted by molar-refractivity contribution is 7.07. The van der Waals surface area contributed by atoms with E-state index in [1.54, 1.807) is 5.56 Å². The molecule has 1 aliphatic rings. The standard InChI is InChI=1S/C8H10S.CH2O2/c1-2-7(3-1)8-4-5-9-6-8;2-1-3/h4-7H,1-3H2;1H,(H,2,3). The van der Waals surface area contributed by atoms with Gasteiger partial charge in [-0.2, -0.15) is 11.3 Å². The summed E-state index contributed by atoms with van der Waals surface area (Å²) in [5.41, 5.74) is 1.58. The van der Waals surface area contributed by atoms with Crippen LogP contribution < -0.4 is 0 Å². The Morgan fingerprint density at radius 1 is 1.58 bits per heavy atom. The molecule has 0 unspecified atom stereocenters. The SMILES string of the molecule is O=CO.c1cc(C2CCC2)cs1. The molecule has 1 aliphatic carbocycles. The molecule has 0 amide bonds. The van der Waals surface area contributed by atoms with Crippen LogP contribution in [0.4, 0.5) is 0 Å². The Bertz CT molecular complexity index is 214. The van der Waals surface area contributed by atoms with Gasteiger partial charge in [-0.1, -0.05) is 6.42 Å². The number of hydrogen-bond acceptors (Lipinski definition) is 2. The highest BCUT2D eigenvalue weighted by Crippen LogP contribution is 2.36. The van der Waals surface area contributed by atoms with E-state index in [9.17, 15) is 0 Å². The maximum Gasteiger partial charge on any atom is 0.290 e. The van der Waals surface area contributed by atoms with Crippen LogP contribution in [0.1, 0.15) is 30.7 Å². The minimum atomic E-state index is -0.250. The molecule has 1 aromatic heterocycles. The van der Waals surface area contributed by atoms with Gasteiger partial charge < -0.3 is 5.11 Å². The summed E-state index contributed by atoms with van der Waals surface area (Å²) in [6.07, 6.45) is 4.30. The third-order valence-electron chi connectivity index (χ3n) is 2.12. The summed E-state index contributed by atoms with van der Waals surface area (Å²) < 4.78 is 0. The van der Waals surface area contributed by atoms with Crippen LogP contribution in [0.2, 0.25) is 0 Å². The molecular formula is C9H12O2S. The van der Waals surface area contributed by atoms with E-state index < -0.39 is 0 Å². The average Bonchev–Trinajstić information content (AvgIpc) is 2.37. The molecule has 0 spiro atoms. The lowest BCUT2D eigenvalue weighted by molar-refractivity contribution is -0.122. The summed E-state index contributed by atoms with van der Waals surface area (Å²) >= 11 is 1.82. The summed E-state index contributed by atoms with van der Waals surface area (Å²) in [6, 6.07) is 2.26. The molecule has 0 radical (unpaired) electrons. The summed E-state index contributed by atoms with van der Waals surface area (Å²) in [5, 5.41) is 11.3. The van der Waals surface area contributed by atoms with Crippen molar-refractivity contribution in [1.29, 1.82) is 0 Å². The summed E-state index contributed by atoms with van der Waals surface area (Å²) in [5.74, 6) is 0.927. The van der Waals surface area contributed by atoms with Gasteiger partial charge in [0, 0.05) is 0 Å². The average molecular weight is 184 g/mol. The van der Waals surface area contributed by atoms with Crippen molar-refractivity contribution in [2.75, 3.05) is 0 Å². The molecule has 1 saturated carbocycles. The summed E-state index contributed by atoms with van der Waals surface area (Å²) in [4.78, 5) is 8.36. The second kappa shape index (κ2) is 4.93. The predicted molar refractivity (Wildman–Crippen MR) is 49.6 cm³/mol. The molecule has 2 rings (SSSR count). The van der Waals surface area contributed by atoms with Crippen molar-refractivity contribution in [3.05, 3.63) is 22.4 Å². The molecule has 0 bridgehead atoms. The van der Waals surface area contributed by atoms with Crippen LogP contribution in [0.3, 0.4) is 0 Å². The van der Waals surface area contributed by atoms with E-state index in [2.05, 4.69) is 16.8 Å². The molecule has 1 aromatic rings. The Morgan fingerprint density at radius 3 is 2.58 bits per heavy atom. The Hall–Kier alpha value is -0.830. The maximum absolute atomic E-state index is 8.36. The van der Waals surface area contributed by atoms with Gasteiger partial charge in [-0.15, -0.1) is 0 Å². The molecule has 3 heteroatoms. The number of thiophene rings is 1. The minimum absolute atomic E-state index is 0.250.